The molecule has 1 aliphatic heterocycles. The van der Waals surface area contributed by atoms with Crippen molar-refractivity contribution in [1.82, 2.24) is 4.90 Å². The summed E-state index contributed by atoms with van der Waals surface area (Å²) in [6, 6.07) is 7.23. The van der Waals surface area contributed by atoms with Gasteiger partial charge >= 0.3 is 5.63 Å². The lowest BCUT2D eigenvalue weighted by atomic mass is 10.0. The molecule has 1 atom stereocenters. The molecule has 1 unspecified atom stereocenters. The largest absolute Gasteiger partial charge is 0.422 e. The van der Waals surface area contributed by atoms with Crippen LogP contribution in [0.5, 0.6) is 0 Å². The van der Waals surface area contributed by atoms with E-state index in [9.17, 15) is 9.59 Å². The zero-order valence-corrected chi connectivity index (χ0v) is 12.0. The minimum atomic E-state index is -0.574. The van der Waals surface area contributed by atoms with Crippen molar-refractivity contribution in [2.24, 2.45) is 5.73 Å². The van der Waals surface area contributed by atoms with Crippen LogP contribution in [0.25, 0.3) is 11.0 Å². The van der Waals surface area contributed by atoms with E-state index < -0.39 is 5.63 Å². The Morgan fingerprint density at radius 2 is 2.14 bits per heavy atom. The number of hydrogen-bond acceptors (Lipinski definition) is 4. The lowest BCUT2D eigenvalue weighted by Crippen LogP contribution is -2.46. The summed E-state index contributed by atoms with van der Waals surface area (Å²) in [7, 11) is 0. The molecule has 1 fully saturated rings. The number of carbonyl (C=O) groups excluding carboxylic acids is 1. The predicted octanol–water partition coefficient (Wildman–Crippen LogP) is 1.66. The number of fused-ring (bicyclic) bond motifs is 1. The molecular weight excluding hydrogens is 268 g/mol. The minimum absolute atomic E-state index is 0.0181. The van der Waals surface area contributed by atoms with Gasteiger partial charge in [-0.3, -0.25) is 4.79 Å². The van der Waals surface area contributed by atoms with Crippen LogP contribution in [-0.4, -0.2) is 29.9 Å². The van der Waals surface area contributed by atoms with E-state index in [0.29, 0.717) is 24.2 Å². The molecule has 1 aromatic heterocycles. The summed E-state index contributed by atoms with van der Waals surface area (Å²) >= 11 is 0. The molecule has 1 saturated heterocycles. The highest BCUT2D eigenvalue weighted by molar-refractivity contribution is 5.99. The molecule has 2 N–H and O–H groups in total. The van der Waals surface area contributed by atoms with E-state index in [1.165, 1.54) is 0 Å². The number of carbonyl (C=O) groups is 1. The number of aryl methyl sites for hydroxylation is 1. The van der Waals surface area contributed by atoms with Crippen molar-refractivity contribution in [3.05, 3.63) is 45.8 Å². The molecule has 110 valence electrons. The summed E-state index contributed by atoms with van der Waals surface area (Å²) in [6.45, 7) is 2.92. The van der Waals surface area contributed by atoms with Crippen molar-refractivity contribution in [2.45, 2.75) is 25.8 Å². The third-order valence-corrected chi connectivity index (χ3v) is 4.03. The molecule has 2 aromatic rings. The van der Waals surface area contributed by atoms with Crippen LogP contribution in [0, 0.1) is 6.92 Å². The highest BCUT2D eigenvalue weighted by atomic mass is 16.4. The maximum atomic E-state index is 12.6. The van der Waals surface area contributed by atoms with Crippen LogP contribution in [-0.2, 0) is 0 Å². The van der Waals surface area contributed by atoms with Crippen LogP contribution < -0.4 is 11.4 Å². The van der Waals surface area contributed by atoms with Crippen LogP contribution in [0.1, 0.15) is 28.8 Å². The summed E-state index contributed by atoms with van der Waals surface area (Å²) in [5.41, 5.74) is 6.64. The zero-order valence-electron chi connectivity index (χ0n) is 12.0. The van der Waals surface area contributed by atoms with Crippen molar-refractivity contribution in [1.29, 1.82) is 0 Å². The number of para-hydroxylation sites is 1. The van der Waals surface area contributed by atoms with Gasteiger partial charge in [0.05, 0.1) is 0 Å². The lowest BCUT2D eigenvalue weighted by molar-refractivity contribution is 0.0704. The fraction of sp³-hybridized carbons (Fsp3) is 0.375. The molecule has 1 aliphatic rings. The van der Waals surface area contributed by atoms with Gasteiger partial charge in [-0.05, 0) is 31.4 Å². The van der Waals surface area contributed by atoms with E-state index in [0.717, 1.165) is 18.2 Å². The van der Waals surface area contributed by atoms with E-state index in [2.05, 4.69) is 0 Å². The summed E-state index contributed by atoms with van der Waals surface area (Å²) in [5.74, 6) is -0.276. The highest BCUT2D eigenvalue weighted by Gasteiger charge is 2.27. The molecule has 1 amide bonds. The minimum Gasteiger partial charge on any atom is -0.422 e. The van der Waals surface area contributed by atoms with Gasteiger partial charge in [-0.15, -0.1) is 0 Å². The van der Waals surface area contributed by atoms with Crippen molar-refractivity contribution in [3.63, 3.8) is 0 Å². The molecule has 0 spiro atoms. The van der Waals surface area contributed by atoms with E-state index in [-0.39, 0.29) is 17.5 Å². The number of benzene rings is 1. The van der Waals surface area contributed by atoms with Crippen LogP contribution in [0.3, 0.4) is 0 Å². The number of piperidine rings is 1. The second kappa shape index (κ2) is 5.33. The lowest BCUT2D eigenvalue weighted by Gasteiger charge is -2.30. The summed E-state index contributed by atoms with van der Waals surface area (Å²) in [6.07, 6.45) is 1.78. The maximum absolute atomic E-state index is 12.6. The molecule has 1 aromatic carbocycles. The number of nitrogens with two attached hydrogens (primary N) is 1. The van der Waals surface area contributed by atoms with Gasteiger partial charge < -0.3 is 15.1 Å². The molecule has 0 bridgehead atoms. The fourth-order valence-electron chi connectivity index (χ4n) is 2.90. The van der Waals surface area contributed by atoms with E-state index in [1.807, 2.05) is 12.1 Å². The number of amides is 1. The smallest absolute Gasteiger partial charge is 0.349 e. The topological polar surface area (TPSA) is 76.5 Å². The predicted molar refractivity (Wildman–Crippen MR) is 80.3 cm³/mol. The Hall–Kier alpha value is -2.14. The summed E-state index contributed by atoms with van der Waals surface area (Å²) in [5, 5.41) is 0.793. The van der Waals surface area contributed by atoms with Crippen LogP contribution in [0.2, 0.25) is 0 Å². The molecule has 0 saturated carbocycles. The van der Waals surface area contributed by atoms with Gasteiger partial charge in [0.2, 0.25) is 0 Å². The van der Waals surface area contributed by atoms with Gasteiger partial charge in [-0.2, -0.15) is 0 Å². The zero-order chi connectivity index (χ0) is 15.0. The van der Waals surface area contributed by atoms with Crippen molar-refractivity contribution >= 4 is 16.9 Å². The molecule has 5 nitrogen and oxygen atoms in total. The number of likely N-dealkylation sites (tertiary alicyclic amines) is 1. The van der Waals surface area contributed by atoms with Gasteiger partial charge in [0.1, 0.15) is 11.1 Å². The molecule has 0 radical (unpaired) electrons. The van der Waals surface area contributed by atoms with E-state index in [1.54, 1.807) is 24.0 Å². The SMILES string of the molecule is Cc1c(C(=O)N2CCCC(N)C2)c(=O)oc2ccccc12. The second-order valence-corrected chi connectivity index (χ2v) is 5.54. The summed E-state index contributed by atoms with van der Waals surface area (Å²) in [4.78, 5) is 26.5. The van der Waals surface area contributed by atoms with Crippen molar-refractivity contribution in [2.75, 3.05) is 13.1 Å². The molecule has 21 heavy (non-hydrogen) atoms. The Bertz CT molecular complexity index is 751. The van der Waals surface area contributed by atoms with Gasteiger partial charge in [0.15, 0.2) is 0 Å². The van der Waals surface area contributed by atoms with Crippen LogP contribution >= 0.6 is 0 Å². The van der Waals surface area contributed by atoms with Crippen LogP contribution in [0.15, 0.2) is 33.5 Å². The maximum Gasteiger partial charge on any atom is 0.349 e. The quantitative estimate of drug-likeness (QED) is 0.809. The summed E-state index contributed by atoms with van der Waals surface area (Å²) < 4.78 is 5.28. The van der Waals surface area contributed by atoms with Crippen LogP contribution in [0.4, 0.5) is 0 Å². The van der Waals surface area contributed by atoms with Crippen molar-refractivity contribution < 1.29 is 9.21 Å². The highest BCUT2D eigenvalue weighted by Crippen LogP contribution is 2.21. The molecule has 5 heteroatoms. The molecular formula is C16H18N2O3. The molecule has 3 rings (SSSR count). The first-order valence-corrected chi connectivity index (χ1v) is 7.15. The average molecular weight is 286 g/mol. The number of nitrogens with zero attached hydrogens (tertiary/aromatic N) is 1. The number of hydrogen-bond donors (Lipinski definition) is 1. The Kier molecular flexibility index (Phi) is 3.51. The monoisotopic (exact) mass is 286 g/mol. The third-order valence-electron chi connectivity index (χ3n) is 4.03. The molecule has 0 aliphatic carbocycles. The standard InChI is InChI=1S/C16H18N2O3/c1-10-12-6-2-3-7-13(12)21-16(20)14(10)15(19)18-8-4-5-11(17)9-18/h2-3,6-7,11H,4-5,8-9,17H2,1H3. The first kappa shape index (κ1) is 13.8. The average Bonchev–Trinajstić information content (AvgIpc) is 2.47. The van der Waals surface area contributed by atoms with Gasteiger partial charge in [-0.1, -0.05) is 18.2 Å². The first-order chi connectivity index (χ1) is 10.1. The fourth-order valence-corrected chi connectivity index (χ4v) is 2.90. The Labute approximate surface area is 122 Å². The molecule has 2 heterocycles. The Morgan fingerprint density at radius 1 is 1.38 bits per heavy atom. The normalized spacial score (nSPS) is 19.0. The van der Waals surface area contributed by atoms with E-state index >= 15 is 0 Å². The van der Waals surface area contributed by atoms with Gasteiger partial charge in [-0.25, -0.2) is 4.79 Å². The Morgan fingerprint density at radius 3 is 2.90 bits per heavy atom. The van der Waals surface area contributed by atoms with Gasteiger partial charge in [0, 0.05) is 24.5 Å². The number of rotatable bonds is 1. The van der Waals surface area contributed by atoms with Crippen molar-refractivity contribution in [3.8, 4) is 0 Å². The van der Waals surface area contributed by atoms with Gasteiger partial charge in [0.25, 0.3) is 5.91 Å². The van der Waals surface area contributed by atoms with E-state index in [4.69, 9.17) is 10.2 Å². The third kappa shape index (κ3) is 2.45. The first-order valence-electron chi connectivity index (χ1n) is 7.15. The second-order valence-electron chi connectivity index (χ2n) is 5.54. The Balaban J connectivity index is 2.07.